The van der Waals surface area contributed by atoms with Gasteiger partial charge in [-0.1, -0.05) is 38.5 Å². The van der Waals surface area contributed by atoms with Gasteiger partial charge in [-0.3, -0.25) is 0 Å². The molecule has 0 aliphatic heterocycles. The van der Waals surface area contributed by atoms with E-state index >= 15 is 0 Å². The van der Waals surface area contributed by atoms with Gasteiger partial charge in [0.15, 0.2) is 0 Å². The fourth-order valence-corrected chi connectivity index (χ4v) is 2.21. The second-order valence-electron chi connectivity index (χ2n) is 4.61. The van der Waals surface area contributed by atoms with Gasteiger partial charge in [0.05, 0.1) is 0 Å². The molecule has 0 heterocycles. The minimum atomic E-state index is 0.614. The summed E-state index contributed by atoms with van der Waals surface area (Å²) < 4.78 is 0. The van der Waals surface area contributed by atoms with Crippen LogP contribution in [0.3, 0.4) is 0 Å². The van der Waals surface area contributed by atoms with Crippen molar-refractivity contribution in [2.45, 2.75) is 33.2 Å². The van der Waals surface area contributed by atoms with Crippen LogP contribution in [0.5, 0.6) is 0 Å². The van der Waals surface area contributed by atoms with E-state index < -0.39 is 0 Å². The summed E-state index contributed by atoms with van der Waals surface area (Å²) in [6.45, 7) is 6.27. The van der Waals surface area contributed by atoms with E-state index in [4.69, 9.17) is 5.73 Å². The second-order valence-corrected chi connectivity index (χ2v) is 4.61. The third kappa shape index (κ3) is 3.53. The molecule has 0 amide bonds. The third-order valence-corrected chi connectivity index (χ3v) is 2.99. The third-order valence-electron chi connectivity index (χ3n) is 2.99. The molecule has 2 nitrogen and oxygen atoms in total. The Balaban J connectivity index is 2.68. The lowest BCUT2D eigenvalue weighted by molar-refractivity contribution is 0.524. The molecule has 0 aliphatic rings. The van der Waals surface area contributed by atoms with E-state index in [0.29, 0.717) is 6.54 Å². The van der Waals surface area contributed by atoms with Gasteiger partial charge in [-0.2, -0.15) is 0 Å². The van der Waals surface area contributed by atoms with E-state index in [1.165, 1.54) is 24.1 Å². The van der Waals surface area contributed by atoms with Crippen molar-refractivity contribution < 1.29 is 0 Å². The van der Waals surface area contributed by atoms with Crippen LogP contribution in [0.15, 0.2) is 24.3 Å². The van der Waals surface area contributed by atoms with Crippen LogP contribution in [0.2, 0.25) is 0 Å². The maximum absolute atomic E-state index is 5.75. The Kier molecular flexibility index (Phi) is 5.33. The topological polar surface area (TPSA) is 29.3 Å². The number of nitrogens with two attached hydrogens (primary N) is 1. The number of para-hydroxylation sites is 1. The van der Waals surface area contributed by atoms with Crippen molar-refractivity contribution in [1.29, 1.82) is 0 Å². The van der Waals surface area contributed by atoms with Crippen LogP contribution in [-0.2, 0) is 6.54 Å². The summed E-state index contributed by atoms with van der Waals surface area (Å²) in [6.07, 6.45) is 2.54. The van der Waals surface area contributed by atoms with Gasteiger partial charge in [0.2, 0.25) is 0 Å². The van der Waals surface area contributed by atoms with Crippen LogP contribution < -0.4 is 10.6 Å². The molecule has 1 rings (SSSR count). The van der Waals surface area contributed by atoms with E-state index in [2.05, 4.69) is 50.1 Å². The zero-order chi connectivity index (χ0) is 12.0. The van der Waals surface area contributed by atoms with E-state index in [1.54, 1.807) is 0 Å². The maximum atomic E-state index is 5.75. The van der Waals surface area contributed by atoms with E-state index in [-0.39, 0.29) is 0 Å². The average Bonchev–Trinajstić information content (AvgIpc) is 2.29. The Morgan fingerprint density at radius 1 is 1.31 bits per heavy atom. The van der Waals surface area contributed by atoms with Crippen molar-refractivity contribution in [2.24, 2.45) is 11.7 Å². The average molecular weight is 220 g/mol. The largest absolute Gasteiger partial charge is 0.374 e. The molecule has 0 spiro atoms. The molecule has 16 heavy (non-hydrogen) atoms. The molecular formula is C14H24N2. The summed E-state index contributed by atoms with van der Waals surface area (Å²) in [6, 6.07) is 8.39. The summed E-state index contributed by atoms with van der Waals surface area (Å²) in [7, 11) is 2.15. The molecule has 1 unspecified atom stereocenters. The molecule has 0 aliphatic carbocycles. The molecule has 1 aromatic carbocycles. The van der Waals surface area contributed by atoms with E-state index in [9.17, 15) is 0 Å². The molecule has 1 atom stereocenters. The predicted molar refractivity (Wildman–Crippen MR) is 71.7 cm³/mol. The number of rotatable bonds is 6. The first-order valence-corrected chi connectivity index (χ1v) is 6.18. The van der Waals surface area contributed by atoms with Crippen LogP contribution >= 0.6 is 0 Å². The molecule has 0 bridgehead atoms. The Morgan fingerprint density at radius 3 is 2.62 bits per heavy atom. The fraction of sp³-hybridized carbons (Fsp3) is 0.571. The minimum absolute atomic E-state index is 0.614. The molecule has 0 fully saturated rings. The number of benzene rings is 1. The lowest BCUT2D eigenvalue weighted by Crippen LogP contribution is -2.25. The maximum Gasteiger partial charge on any atom is 0.0409 e. The van der Waals surface area contributed by atoms with Crippen LogP contribution in [0.1, 0.15) is 32.3 Å². The SMILES string of the molecule is CCCC(C)CN(C)c1ccccc1CN. The van der Waals surface area contributed by atoms with Crippen molar-refractivity contribution in [2.75, 3.05) is 18.5 Å². The highest BCUT2D eigenvalue weighted by atomic mass is 15.1. The van der Waals surface area contributed by atoms with Crippen molar-refractivity contribution in [3.05, 3.63) is 29.8 Å². The molecule has 2 N–H and O–H groups in total. The number of hydrogen-bond acceptors (Lipinski definition) is 2. The summed E-state index contributed by atoms with van der Waals surface area (Å²) in [5, 5.41) is 0. The molecule has 0 aromatic heterocycles. The summed E-state index contributed by atoms with van der Waals surface area (Å²) in [4.78, 5) is 2.32. The number of anilines is 1. The van der Waals surface area contributed by atoms with Crippen molar-refractivity contribution >= 4 is 5.69 Å². The van der Waals surface area contributed by atoms with Gasteiger partial charge in [-0.15, -0.1) is 0 Å². The van der Waals surface area contributed by atoms with Gasteiger partial charge in [-0.05, 0) is 24.0 Å². The summed E-state index contributed by atoms with van der Waals surface area (Å²) in [5.74, 6) is 0.737. The molecule has 1 aromatic rings. The minimum Gasteiger partial charge on any atom is -0.374 e. The van der Waals surface area contributed by atoms with Gasteiger partial charge in [-0.25, -0.2) is 0 Å². The predicted octanol–water partition coefficient (Wildman–Crippen LogP) is 3.02. The Labute approximate surface area is 99.5 Å². The Morgan fingerprint density at radius 2 is 2.00 bits per heavy atom. The zero-order valence-corrected chi connectivity index (χ0v) is 10.7. The summed E-state index contributed by atoms with van der Waals surface area (Å²) in [5.41, 5.74) is 8.25. The smallest absolute Gasteiger partial charge is 0.0409 e. The van der Waals surface area contributed by atoms with Gasteiger partial charge in [0, 0.05) is 25.8 Å². The van der Waals surface area contributed by atoms with Gasteiger partial charge in [0.25, 0.3) is 0 Å². The quantitative estimate of drug-likeness (QED) is 0.798. The van der Waals surface area contributed by atoms with Gasteiger partial charge in [0.1, 0.15) is 0 Å². The lowest BCUT2D eigenvalue weighted by Gasteiger charge is -2.25. The number of nitrogens with zero attached hydrogens (tertiary/aromatic N) is 1. The van der Waals surface area contributed by atoms with Gasteiger partial charge >= 0.3 is 0 Å². The number of hydrogen-bond donors (Lipinski definition) is 1. The van der Waals surface area contributed by atoms with Crippen LogP contribution in [0.25, 0.3) is 0 Å². The first kappa shape index (κ1) is 13.0. The fourth-order valence-electron chi connectivity index (χ4n) is 2.21. The van der Waals surface area contributed by atoms with Crippen LogP contribution in [0.4, 0.5) is 5.69 Å². The van der Waals surface area contributed by atoms with Crippen LogP contribution in [-0.4, -0.2) is 13.6 Å². The molecule has 90 valence electrons. The van der Waals surface area contributed by atoms with Gasteiger partial charge < -0.3 is 10.6 Å². The highest BCUT2D eigenvalue weighted by Crippen LogP contribution is 2.20. The molecule has 0 radical (unpaired) electrons. The van der Waals surface area contributed by atoms with Crippen molar-refractivity contribution in [1.82, 2.24) is 0 Å². The monoisotopic (exact) mass is 220 g/mol. The summed E-state index contributed by atoms with van der Waals surface area (Å²) >= 11 is 0. The Hall–Kier alpha value is -1.02. The van der Waals surface area contributed by atoms with Crippen molar-refractivity contribution in [3.63, 3.8) is 0 Å². The van der Waals surface area contributed by atoms with E-state index in [0.717, 1.165) is 12.5 Å². The molecule has 0 saturated heterocycles. The highest BCUT2D eigenvalue weighted by molar-refractivity contribution is 5.52. The molecule has 0 saturated carbocycles. The normalized spacial score (nSPS) is 12.5. The second kappa shape index (κ2) is 6.54. The Bertz CT molecular complexity index is 309. The van der Waals surface area contributed by atoms with Crippen molar-refractivity contribution in [3.8, 4) is 0 Å². The zero-order valence-electron chi connectivity index (χ0n) is 10.7. The highest BCUT2D eigenvalue weighted by Gasteiger charge is 2.09. The lowest BCUT2D eigenvalue weighted by atomic mass is 10.0. The first-order chi connectivity index (χ1) is 7.69. The molecular weight excluding hydrogens is 196 g/mol. The van der Waals surface area contributed by atoms with E-state index in [1.807, 2.05) is 0 Å². The first-order valence-electron chi connectivity index (χ1n) is 6.18. The molecule has 2 heteroatoms. The van der Waals surface area contributed by atoms with Crippen LogP contribution in [0, 0.1) is 5.92 Å². The standard InChI is InChI=1S/C14H24N2/c1-4-7-12(2)11-16(3)14-9-6-5-8-13(14)10-15/h5-6,8-9,12H,4,7,10-11,15H2,1-3H3.